The molecule has 3 aromatic rings. The predicted octanol–water partition coefficient (Wildman–Crippen LogP) is 4.23. The number of hydrogen-bond acceptors (Lipinski definition) is 5. The topological polar surface area (TPSA) is 88.4 Å². The van der Waals surface area contributed by atoms with Crippen LogP contribution in [0.4, 0.5) is 5.69 Å². The van der Waals surface area contributed by atoms with Gasteiger partial charge in [0.05, 0.1) is 11.6 Å². The van der Waals surface area contributed by atoms with Gasteiger partial charge in [-0.1, -0.05) is 42.5 Å². The highest BCUT2D eigenvalue weighted by Crippen LogP contribution is 2.27. The molecule has 0 bridgehead atoms. The molecule has 0 unspecified atom stereocenters. The number of aryl methyl sites for hydroxylation is 1. The summed E-state index contributed by atoms with van der Waals surface area (Å²) in [7, 11) is 0. The Bertz CT molecular complexity index is 1160. The largest absolute Gasteiger partial charge is 0.482 e. The van der Waals surface area contributed by atoms with Crippen LogP contribution in [0.2, 0.25) is 0 Å². The molecule has 0 spiro atoms. The van der Waals surface area contributed by atoms with Gasteiger partial charge in [0.15, 0.2) is 6.61 Å². The maximum Gasteiger partial charge on any atom is 0.344 e. The summed E-state index contributed by atoms with van der Waals surface area (Å²) in [6.45, 7) is -0.0582. The number of nitrogens with one attached hydrogen (secondary N) is 1. The van der Waals surface area contributed by atoms with E-state index in [4.69, 9.17) is 9.47 Å². The summed E-state index contributed by atoms with van der Waals surface area (Å²) in [5, 5.41) is 12.1. The lowest BCUT2D eigenvalue weighted by molar-refractivity contribution is -0.147. The van der Waals surface area contributed by atoms with Crippen molar-refractivity contribution < 1.29 is 19.1 Å². The average molecular weight is 412 g/mol. The van der Waals surface area contributed by atoms with Crippen LogP contribution in [-0.2, 0) is 27.4 Å². The molecule has 154 valence electrons. The highest BCUT2D eigenvalue weighted by molar-refractivity contribution is 5.94. The van der Waals surface area contributed by atoms with Crippen molar-refractivity contribution in [3.8, 4) is 22.9 Å². The quantitative estimate of drug-likeness (QED) is 0.612. The molecule has 0 saturated heterocycles. The smallest absolute Gasteiger partial charge is 0.344 e. The first-order chi connectivity index (χ1) is 15.1. The van der Waals surface area contributed by atoms with Crippen LogP contribution in [0.1, 0.15) is 23.1 Å². The summed E-state index contributed by atoms with van der Waals surface area (Å²) in [5.41, 5.74) is 5.03. The van der Waals surface area contributed by atoms with Crippen LogP contribution in [-0.4, -0.2) is 18.5 Å². The van der Waals surface area contributed by atoms with Crippen LogP contribution < -0.4 is 10.1 Å². The molecule has 6 heteroatoms. The van der Waals surface area contributed by atoms with Crippen LogP contribution >= 0.6 is 0 Å². The second-order valence-electron chi connectivity index (χ2n) is 7.17. The number of benzene rings is 3. The zero-order valence-electron chi connectivity index (χ0n) is 16.8. The summed E-state index contributed by atoms with van der Waals surface area (Å²) in [4.78, 5) is 23.5. The molecule has 1 amide bonds. The van der Waals surface area contributed by atoms with Crippen molar-refractivity contribution >= 4 is 17.6 Å². The van der Waals surface area contributed by atoms with E-state index >= 15 is 0 Å². The Morgan fingerprint density at radius 1 is 1.03 bits per heavy atom. The molecule has 0 radical (unpaired) electrons. The Hall–Kier alpha value is -4.11. The minimum absolute atomic E-state index is 0.00653. The van der Waals surface area contributed by atoms with Gasteiger partial charge in [-0.3, -0.25) is 4.79 Å². The molecular formula is C25H20N2O4. The second-order valence-corrected chi connectivity index (χ2v) is 7.17. The number of carbonyl (C=O) groups is 2. The van der Waals surface area contributed by atoms with Gasteiger partial charge in [0.2, 0.25) is 5.91 Å². The van der Waals surface area contributed by atoms with Gasteiger partial charge in [-0.15, -0.1) is 0 Å². The van der Waals surface area contributed by atoms with Crippen molar-refractivity contribution in [3.05, 3.63) is 83.4 Å². The zero-order chi connectivity index (χ0) is 21.6. The SMILES string of the molecule is N#Cc1ccccc1-c1ccc(COC(=O)COc2ccc3c(c2)CCC(=O)N3)cc1. The van der Waals surface area contributed by atoms with Crippen LogP contribution in [0.5, 0.6) is 5.75 Å². The van der Waals surface area contributed by atoms with Gasteiger partial charge in [0.1, 0.15) is 12.4 Å². The third-order valence-corrected chi connectivity index (χ3v) is 5.04. The Morgan fingerprint density at radius 2 is 1.84 bits per heavy atom. The lowest BCUT2D eigenvalue weighted by atomic mass is 9.99. The van der Waals surface area contributed by atoms with E-state index in [9.17, 15) is 14.9 Å². The van der Waals surface area contributed by atoms with Gasteiger partial charge in [0, 0.05) is 12.1 Å². The fourth-order valence-corrected chi connectivity index (χ4v) is 3.41. The molecule has 1 heterocycles. The third-order valence-electron chi connectivity index (χ3n) is 5.04. The molecule has 1 N–H and O–H groups in total. The van der Waals surface area contributed by atoms with Gasteiger partial charge in [0.25, 0.3) is 0 Å². The minimum atomic E-state index is -0.468. The van der Waals surface area contributed by atoms with Crippen molar-refractivity contribution in [3.63, 3.8) is 0 Å². The summed E-state index contributed by atoms with van der Waals surface area (Å²) >= 11 is 0. The Morgan fingerprint density at radius 3 is 2.65 bits per heavy atom. The number of amides is 1. The highest BCUT2D eigenvalue weighted by atomic mass is 16.6. The molecule has 0 saturated carbocycles. The number of hydrogen-bond donors (Lipinski definition) is 1. The van der Waals surface area contributed by atoms with E-state index in [0.29, 0.717) is 24.2 Å². The number of fused-ring (bicyclic) bond motifs is 1. The van der Waals surface area contributed by atoms with E-state index in [2.05, 4.69) is 11.4 Å². The van der Waals surface area contributed by atoms with E-state index in [1.807, 2.05) is 48.5 Å². The second kappa shape index (κ2) is 9.14. The van der Waals surface area contributed by atoms with E-state index in [1.165, 1.54) is 0 Å². The molecule has 31 heavy (non-hydrogen) atoms. The minimum Gasteiger partial charge on any atom is -0.482 e. The predicted molar refractivity (Wildman–Crippen MR) is 115 cm³/mol. The van der Waals surface area contributed by atoms with Crippen molar-refractivity contribution in [2.24, 2.45) is 0 Å². The molecular weight excluding hydrogens is 392 g/mol. The molecule has 4 rings (SSSR count). The molecule has 1 aliphatic rings. The molecule has 0 atom stereocenters. The fourth-order valence-electron chi connectivity index (χ4n) is 3.41. The van der Waals surface area contributed by atoms with Crippen LogP contribution in [0.15, 0.2) is 66.7 Å². The highest BCUT2D eigenvalue weighted by Gasteiger charge is 2.15. The van der Waals surface area contributed by atoms with Crippen molar-refractivity contribution in [1.29, 1.82) is 5.26 Å². The maximum atomic E-state index is 12.1. The van der Waals surface area contributed by atoms with Gasteiger partial charge >= 0.3 is 5.97 Å². The number of rotatable bonds is 6. The molecule has 0 aromatic heterocycles. The molecule has 1 aliphatic heterocycles. The molecule has 0 aliphatic carbocycles. The first-order valence-corrected chi connectivity index (χ1v) is 9.92. The lowest BCUT2D eigenvalue weighted by Gasteiger charge is -2.17. The van der Waals surface area contributed by atoms with Crippen molar-refractivity contribution in [1.82, 2.24) is 0 Å². The van der Waals surface area contributed by atoms with Gasteiger partial charge in [-0.2, -0.15) is 5.26 Å². The summed E-state index contributed by atoms with van der Waals surface area (Å²) in [5.74, 6) is 0.101. The van der Waals surface area contributed by atoms with Gasteiger partial charge < -0.3 is 14.8 Å². The summed E-state index contributed by atoms with van der Waals surface area (Å²) in [6.07, 6.45) is 1.09. The standard InChI is InChI=1S/C25H20N2O4/c26-14-20-3-1-2-4-22(20)18-7-5-17(6-8-18)15-31-25(29)16-30-21-10-11-23-19(13-21)9-12-24(28)27-23/h1-8,10-11,13H,9,12,15-16H2,(H,27,28). The zero-order valence-corrected chi connectivity index (χ0v) is 16.8. The average Bonchev–Trinajstić information content (AvgIpc) is 2.81. The van der Waals surface area contributed by atoms with E-state index in [1.54, 1.807) is 18.2 Å². The Balaban J connectivity index is 1.29. The summed E-state index contributed by atoms with van der Waals surface area (Å²) < 4.78 is 10.8. The number of carbonyl (C=O) groups excluding carboxylic acids is 2. The normalized spacial score (nSPS) is 12.3. The maximum absolute atomic E-state index is 12.1. The first kappa shape index (κ1) is 20.2. The van der Waals surface area contributed by atoms with Crippen LogP contribution in [0.25, 0.3) is 11.1 Å². The number of esters is 1. The lowest BCUT2D eigenvalue weighted by Crippen LogP contribution is -2.19. The fraction of sp³-hybridized carbons (Fsp3) is 0.160. The van der Waals surface area contributed by atoms with E-state index in [-0.39, 0.29) is 19.1 Å². The van der Waals surface area contributed by atoms with Crippen molar-refractivity contribution in [2.45, 2.75) is 19.4 Å². The molecule has 0 fully saturated rings. The molecule has 3 aromatic carbocycles. The number of ether oxygens (including phenoxy) is 2. The van der Waals surface area contributed by atoms with Crippen LogP contribution in [0.3, 0.4) is 0 Å². The third kappa shape index (κ3) is 4.90. The van der Waals surface area contributed by atoms with Crippen LogP contribution in [0, 0.1) is 11.3 Å². The number of nitriles is 1. The van der Waals surface area contributed by atoms with E-state index in [0.717, 1.165) is 27.9 Å². The number of anilines is 1. The Kier molecular flexibility index (Phi) is 5.95. The van der Waals surface area contributed by atoms with E-state index < -0.39 is 5.97 Å². The first-order valence-electron chi connectivity index (χ1n) is 9.92. The van der Waals surface area contributed by atoms with Gasteiger partial charge in [-0.05, 0) is 52.9 Å². The number of nitrogens with zero attached hydrogens (tertiary/aromatic N) is 1. The van der Waals surface area contributed by atoms with Gasteiger partial charge in [-0.25, -0.2) is 4.79 Å². The van der Waals surface area contributed by atoms with Crippen molar-refractivity contribution in [2.75, 3.05) is 11.9 Å². The molecule has 6 nitrogen and oxygen atoms in total. The summed E-state index contributed by atoms with van der Waals surface area (Å²) in [6, 6.07) is 22.5. The monoisotopic (exact) mass is 412 g/mol. The Labute approximate surface area is 180 Å².